The number of amides is 4. The number of benzene rings is 1. The predicted molar refractivity (Wildman–Crippen MR) is 88.2 cm³/mol. The first-order chi connectivity index (χ1) is 11.9. The Morgan fingerprint density at radius 1 is 1.04 bits per heavy atom. The number of hydrogen-bond acceptors (Lipinski definition) is 4. The van der Waals surface area contributed by atoms with Gasteiger partial charge in [0.05, 0.1) is 5.41 Å². The molecule has 4 rings (SSSR count). The Morgan fingerprint density at radius 3 is 2.24 bits per heavy atom. The first-order valence-electron chi connectivity index (χ1n) is 8.70. The zero-order chi connectivity index (χ0) is 17.8. The lowest BCUT2D eigenvalue weighted by Gasteiger charge is -2.41. The second kappa shape index (κ2) is 5.25. The molecule has 25 heavy (non-hydrogen) atoms. The Bertz CT molecular complexity index is 790. The molecule has 0 bridgehead atoms. The van der Waals surface area contributed by atoms with Gasteiger partial charge in [0.15, 0.2) is 0 Å². The quantitative estimate of drug-likeness (QED) is 0.818. The average Bonchev–Trinajstić information content (AvgIpc) is 3.06. The number of rotatable bonds is 2. The highest BCUT2D eigenvalue weighted by molar-refractivity contribution is 6.13. The minimum Gasteiger partial charge on any atom is -0.294 e. The molecule has 1 N–H and O–H groups in total. The van der Waals surface area contributed by atoms with Gasteiger partial charge in [0.25, 0.3) is 5.91 Å². The third-order valence-electron chi connectivity index (χ3n) is 6.03. The number of carbonyl (C=O) groups excluding carboxylic acids is 4. The van der Waals surface area contributed by atoms with Crippen molar-refractivity contribution in [2.24, 2.45) is 5.41 Å². The van der Waals surface area contributed by atoms with Gasteiger partial charge in [0, 0.05) is 12.8 Å². The van der Waals surface area contributed by atoms with E-state index in [1.54, 1.807) is 6.92 Å². The molecule has 2 fully saturated rings. The molecule has 1 spiro atoms. The van der Waals surface area contributed by atoms with Crippen LogP contribution < -0.4 is 5.32 Å². The molecule has 1 atom stereocenters. The molecule has 6 nitrogen and oxygen atoms in total. The Hall–Kier alpha value is -2.50. The van der Waals surface area contributed by atoms with Crippen molar-refractivity contribution in [1.29, 1.82) is 0 Å². The summed E-state index contributed by atoms with van der Waals surface area (Å²) in [7, 11) is 0. The van der Waals surface area contributed by atoms with Gasteiger partial charge >= 0.3 is 0 Å². The van der Waals surface area contributed by atoms with Gasteiger partial charge in [0.1, 0.15) is 5.54 Å². The topological polar surface area (TPSA) is 83.6 Å². The summed E-state index contributed by atoms with van der Waals surface area (Å²) in [5, 5.41) is 2.31. The molecule has 130 valence electrons. The normalized spacial score (nSPS) is 27.8. The standard InChI is InChI=1S/C19H20N2O4/c1-2-19(8-7-14(22)20-16(19)24)21-15(23)11-18(17(21)25)9-12-5-3-4-6-13(12)10-18/h3-6H,2,7-11H2,1H3,(H,20,22,24). The average molecular weight is 340 g/mol. The molecule has 1 aliphatic carbocycles. The Kier molecular flexibility index (Phi) is 3.36. The summed E-state index contributed by atoms with van der Waals surface area (Å²) >= 11 is 0. The van der Waals surface area contributed by atoms with Crippen molar-refractivity contribution in [1.82, 2.24) is 10.2 Å². The lowest BCUT2D eigenvalue weighted by molar-refractivity contribution is -0.160. The number of nitrogens with zero attached hydrogens (tertiary/aromatic N) is 1. The van der Waals surface area contributed by atoms with Crippen molar-refractivity contribution >= 4 is 23.6 Å². The molecule has 3 aliphatic rings. The van der Waals surface area contributed by atoms with Crippen molar-refractivity contribution in [3.8, 4) is 0 Å². The van der Waals surface area contributed by atoms with Crippen molar-refractivity contribution in [3.05, 3.63) is 35.4 Å². The fraction of sp³-hybridized carbons (Fsp3) is 0.474. The minimum absolute atomic E-state index is 0.128. The van der Waals surface area contributed by atoms with Crippen LogP contribution in [0.4, 0.5) is 0 Å². The van der Waals surface area contributed by atoms with Crippen molar-refractivity contribution in [2.75, 3.05) is 0 Å². The van der Waals surface area contributed by atoms with Crippen molar-refractivity contribution < 1.29 is 19.2 Å². The number of imide groups is 2. The van der Waals surface area contributed by atoms with Gasteiger partial charge in [-0.1, -0.05) is 31.2 Å². The highest BCUT2D eigenvalue weighted by Gasteiger charge is 2.61. The molecule has 0 saturated carbocycles. The number of carbonyl (C=O) groups is 4. The van der Waals surface area contributed by atoms with Crippen LogP contribution >= 0.6 is 0 Å². The summed E-state index contributed by atoms with van der Waals surface area (Å²) in [6.07, 6.45) is 1.85. The smallest absolute Gasteiger partial charge is 0.253 e. The van der Waals surface area contributed by atoms with Crippen molar-refractivity contribution in [2.45, 2.75) is 51.0 Å². The summed E-state index contributed by atoms with van der Waals surface area (Å²) in [5.41, 5.74) is 0.184. The summed E-state index contributed by atoms with van der Waals surface area (Å²) < 4.78 is 0. The van der Waals surface area contributed by atoms with E-state index in [9.17, 15) is 19.2 Å². The number of likely N-dealkylation sites (tertiary alicyclic amines) is 1. The number of nitrogens with one attached hydrogen (secondary N) is 1. The van der Waals surface area contributed by atoms with Crippen LogP contribution in [0.25, 0.3) is 0 Å². The molecular weight excluding hydrogens is 320 g/mol. The third-order valence-corrected chi connectivity index (χ3v) is 6.03. The zero-order valence-corrected chi connectivity index (χ0v) is 14.1. The van der Waals surface area contributed by atoms with E-state index in [4.69, 9.17) is 0 Å². The van der Waals surface area contributed by atoms with Gasteiger partial charge in [-0.05, 0) is 36.8 Å². The maximum absolute atomic E-state index is 13.3. The maximum Gasteiger partial charge on any atom is 0.253 e. The van der Waals surface area contributed by atoms with Crippen LogP contribution in [-0.2, 0) is 32.0 Å². The monoisotopic (exact) mass is 340 g/mol. The minimum atomic E-state index is -1.24. The maximum atomic E-state index is 13.3. The lowest BCUT2D eigenvalue weighted by atomic mass is 9.81. The van der Waals surface area contributed by atoms with Crippen molar-refractivity contribution in [3.63, 3.8) is 0 Å². The molecule has 2 aliphatic heterocycles. The van der Waals surface area contributed by atoms with E-state index in [0.29, 0.717) is 19.3 Å². The predicted octanol–water partition coefficient (Wildman–Crippen LogP) is 1.12. The van der Waals surface area contributed by atoms with Crippen LogP contribution in [-0.4, -0.2) is 34.1 Å². The summed E-state index contributed by atoms with van der Waals surface area (Å²) in [5.74, 6) is -1.44. The van der Waals surface area contributed by atoms with Gasteiger partial charge in [-0.3, -0.25) is 29.4 Å². The first-order valence-corrected chi connectivity index (χ1v) is 8.70. The molecule has 6 heteroatoms. The van der Waals surface area contributed by atoms with Gasteiger partial charge in [0.2, 0.25) is 17.7 Å². The van der Waals surface area contributed by atoms with Gasteiger partial charge in [-0.25, -0.2) is 0 Å². The number of fused-ring (bicyclic) bond motifs is 1. The second-order valence-corrected chi connectivity index (χ2v) is 7.38. The highest BCUT2D eigenvalue weighted by Crippen LogP contribution is 2.48. The van der Waals surface area contributed by atoms with Gasteiger partial charge in [-0.15, -0.1) is 0 Å². The van der Waals surface area contributed by atoms with Gasteiger partial charge < -0.3 is 0 Å². The Morgan fingerprint density at radius 2 is 1.68 bits per heavy atom. The van der Waals surface area contributed by atoms with Crippen LogP contribution in [0.3, 0.4) is 0 Å². The Balaban J connectivity index is 1.71. The molecular formula is C19H20N2O4. The van der Waals surface area contributed by atoms with Crippen LogP contribution in [0.15, 0.2) is 24.3 Å². The SMILES string of the molecule is CCC1(N2C(=O)CC3(Cc4ccccc4C3)C2=O)CCC(=O)NC1=O. The molecule has 2 heterocycles. The molecule has 0 aromatic heterocycles. The first kappa shape index (κ1) is 16.0. The fourth-order valence-corrected chi connectivity index (χ4v) is 4.65. The fourth-order valence-electron chi connectivity index (χ4n) is 4.65. The molecule has 1 unspecified atom stereocenters. The highest BCUT2D eigenvalue weighted by atomic mass is 16.2. The molecule has 1 aromatic carbocycles. The molecule has 1 aromatic rings. The van der Waals surface area contributed by atoms with Gasteiger partial charge in [-0.2, -0.15) is 0 Å². The van der Waals surface area contributed by atoms with Crippen LogP contribution in [0, 0.1) is 5.41 Å². The lowest BCUT2D eigenvalue weighted by Crippen LogP contribution is -2.64. The number of piperidine rings is 1. The van der Waals surface area contributed by atoms with E-state index in [1.165, 1.54) is 4.90 Å². The van der Waals surface area contributed by atoms with E-state index < -0.39 is 16.9 Å². The van der Waals surface area contributed by atoms with E-state index in [2.05, 4.69) is 5.32 Å². The second-order valence-electron chi connectivity index (χ2n) is 7.38. The van der Waals surface area contributed by atoms with E-state index in [0.717, 1.165) is 11.1 Å². The molecule has 0 radical (unpaired) electrons. The van der Waals surface area contributed by atoms with E-state index in [-0.39, 0.29) is 37.0 Å². The summed E-state index contributed by atoms with van der Waals surface area (Å²) in [6, 6.07) is 7.85. The largest absolute Gasteiger partial charge is 0.294 e. The third kappa shape index (κ3) is 2.09. The molecule has 4 amide bonds. The van der Waals surface area contributed by atoms with Crippen LogP contribution in [0.5, 0.6) is 0 Å². The summed E-state index contributed by atoms with van der Waals surface area (Å²) in [6.45, 7) is 1.78. The molecule has 2 saturated heterocycles. The Labute approximate surface area is 145 Å². The number of hydrogen-bond donors (Lipinski definition) is 1. The summed E-state index contributed by atoms with van der Waals surface area (Å²) in [4.78, 5) is 51.5. The van der Waals surface area contributed by atoms with E-state index >= 15 is 0 Å². The van der Waals surface area contributed by atoms with Crippen LogP contribution in [0.1, 0.15) is 43.7 Å². The van der Waals surface area contributed by atoms with Crippen LogP contribution in [0.2, 0.25) is 0 Å². The van der Waals surface area contributed by atoms with E-state index in [1.807, 2.05) is 24.3 Å². The zero-order valence-electron chi connectivity index (χ0n) is 14.1.